The number of fused-ring (bicyclic) bond motifs is 4. The molecule has 0 saturated carbocycles. The first-order chi connectivity index (χ1) is 16.0. The van der Waals surface area contributed by atoms with Gasteiger partial charge >= 0.3 is 0 Å². The van der Waals surface area contributed by atoms with E-state index in [9.17, 15) is 9.59 Å². The summed E-state index contributed by atoms with van der Waals surface area (Å²) in [5.41, 5.74) is 5.84. The van der Waals surface area contributed by atoms with Gasteiger partial charge in [-0.3, -0.25) is 9.59 Å². The zero-order valence-electron chi connectivity index (χ0n) is 21.5. The fourth-order valence-electron chi connectivity index (χ4n) is 6.52. The first-order valence-corrected chi connectivity index (χ1v) is 13.0. The van der Waals surface area contributed by atoms with Crippen LogP contribution in [0, 0.1) is 23.7 Å². The van der Waals surface area contributed by atoms with Crippen LogP contribution in [0.3, 0.4) is 0 Å². The van der Waals surface area contributed by atoms with Gasteiger partial charge in [-0.2, -0.15) is 0 Å². The van der Waals surface area contributed by atoms with E-state index in [1.54, 1.807) is 0 Å². The molecule has 5 atom stereocenters. The fraction of sp³-hybridized carbons (Fsp3) is 0.714. The second-order valence-corrected chi connectivity index (χ2v) is 11.9. The monoisotopic (exact) mass is 470 g/mol. The maximum absolute atomic E-state index is 13.7. The van der Waals surface area contributed by atoms with Crippen molar-refractivity contribution >= 4 is 11.8 Å². The lowest BCUT2D eigenvalue weighted by Crippen LogP contribution is -2.64. The van der Waals surface area contributed by atoms with E-state index in [0.717, 1.165) is 43.6 Å². The maximum atomic E-state index is 13.7. The Morgan fingerprint density at radius 3 is 2.56 bits per heavy atom. The van der Waals surface area contributed by atoms with Gasteiger partial charge in [0.15, 0.2) is 5.72 Å². The Hall–Kier alpha value is -2.08. The number of hydrogen-bond donors (Lipinski definition) is 1. The van der Waals surface area contributed by atoms with E-state index in [2.05, 4.69) is 27.7 Å². The number of rotatable bonds is 8. The minimum absolute atomic E-state index is 0.105. The van der Waals surface area contributed by atoms with Gasteiger partial charge in [0.1, 0.15) is 11.7 Å². The molecule has 6 heteroatoms. The number of benzene rings is 1. The van der Waals surface area contributed by atoms with Crippen LogP contribution < -0.4 is 10.5 Å². The third-order valence-corrected chi connectivity index (χ3v) is 8.30. The molecule has 3 aliphatic heterocycles. The summed E-state index contributed by atoms with van der Waals surface area (Å²) < 4.78 is 12.4. The molecule has 6 nitrogen and oxygen atoms in total. The molecule has 188 valence electrons. The Balaban J connectivity index is 1.57. The minimum Gasteiger partial charge on any atom is -0.468 e. The molecule has 0 aromatic heterocycles. The van der Waals surface area contributed by atoms with Crippen molar-refractivity contribution < 1.29 is 19.1 Å². The summed E-state index contributed by atoms with van der Waals surface area (Å²) in [6, 6.07) is 7.74. The van der Waals surface area contributed by atoms with Gasteiger partial charge in [-0.25, -0.2) is 0 Å². The SMILES string of the molecule is CC(C)CC[C@H](CCN1C(=O)[C@@H](C(N)=O)[C@H]2C[C@@]1(C)Oc1ccccc12)[C@H]1CCOC(C)(C)C1. The highest BCUT2D eigenvalue weighted by atomic mass is 16.5. The van der Waals surface area contributed by atoms with E-state index in [-0.39, 0.29) is 17.4 Å². The van der Waals surface area contributed by atoms with Crippen molar-refractivity contribution in [2.75, 3.05) is 13.2 Å². The number of likely N-dealkylation sites (tertiary alicyclic amines) is 1. The molecule has 0 spiro atoms. The summed E-state index contributed by atoms with van der Waals surface area (Å²) in [6.07, 6.45) is 5.90. The van der Waals surface area contributed by atoms with Crippen LogP contribution in [-0.2, 0) is 14.3 Å². The average Bonchev–Trinajstić information content (AvgIpc) is 2.74. The van der Waals surface area contributed by atoms with Crippen LogP contribution in [0.1, 0.15) is 84.6 Å². The molecule has 0 aliphatic carbocycles. The molecular formula is C28H42N2O4. The Morgan fingerprint density at radius 1 is 1.15 bits per heavy atom. The minimum atomic E-state index is -0.839. The molecule has 0 radical (unpaired) electrons. The molecule has 0 unspecified atom stereocenters. The Labute approximate surface area is 204 Å². The molecule has 2 fully saturated rings. The zero-order valence-corrected chi connectivity index (χ0v) is 21.5. The van der Waals surface area contributed by atoms with Gasteiger partial charge in [-0.1, -0.05) is 38.5 Å². The quantitative estimate of drug-likeness (QED) is 0.550. The number of nitrogens with zero attached hydrogens (tertiary/aromatic N) is 1. The third kappa shape index (κ3) is 4.98. The normalized spacial score (nSPS) is 31.1. The standard InChI is InChI=1S/C28H42N2O4/c1-18(2)10-11-19(20-13-15-33-27(3,4)16-20)12-14-30-26(32)24(25(29)31)22-17-28(30,5)34-23-9-7-6-8-21(22)23/h6-9,18-20,22,24H,10-17H2,1-5H3,(H2,29,31)/t19-,20+,22+,24-,28-/m1/s1. The largest absolute Gasteiger partial charge is 0.468 e. The third-order valence-electron chi connectivity index (χ3n) is 8.30. The molecule has 3 heterocycles. The fourth-order valence-corrected chi connectivity index (χ4v) is 6.52. The molecule has 3 aliphatic rings. The lowest BCUT2D eigenvalue weighted by molar-refractivity contribution is -0.176. The molecular weight excluding hydrogens is 428 g/mol. The van der Waals surface area contributed by atoms with Gasteiger partial charge < -0.3 is 20.1 Å². The number of hydrogen-bond acceptors (Lipinski definition) is 4. The van der Waals surface area contributed by atoms with Crippen LogP contribution in [0.25, 0.3) is 0 Å². The van der Waals surface area contributed by atoms with Crippen LogP contribution in [-0.4, -0.2) is 41.2 Å². The number of nitrogens with two attached hydrogens (primary N) is 1. The van der Waals surface area contributed by atoms with Crippen LogP contribution in [0.4, 0.5) is 0 Å². The number of carbonyl (C=O) groups is 2. The van der Waals surface area contributed by atoms with E-state index in [4.69, 9.17) is 15.2 Å². The summed E-state index contributed by atoms with van der Waals surface area (Å²) in [5.74, 6) is 0.677. The highest BCUT2D eigenvalue weighted by molar-refractivity contribution is 6.01. The second kappa shape index (κ2) is 9.52. The molecule has 1 aromatic carbocycles. The number of ether oxygens (including phenoxy) is 2. The predicted molar refractivity (Wildman–Crippen MR) is 132 cm³/mol. The lowest BCUT2D eigenvalue weighted by atomic mass is 9.72. The van der Waals surface area contributed by atoms with Crippen molar-refractivity contribution in [3.05, 3.63) is 29.8 Å². The van der Waals surface area contributed by atoms with Crippen LogP contribution in [0.2, 0.25) is 0 Å². The first kappa shape index (κ1) is 25.0. The van der Waals surface area contributed by atoms with Crippen LogP contribution >= 0.6 is 0 Å². The lowest BCUT2D eigenvalue weighted by Gasteiger charge is -2.53. The predicted octanol–water partition coefficient (Wildman–Crippen LogP) is 4.86. The van der Waals surface area contributed by atoms with Crippen molar-refractivity contribution in [1.29, 1.82) is 0 Å². The first-order valence-electron chi connectivity index (χ1n) is 13.0. The highest BCUT2D eigenvalue weighted by Gasteiger charge is 2.55. The Bertz CT molecular complexity index is 913. The Morgan fingerprint density at radius 2 is 1.88 bits per heavy atom. The van der Waals surface area contributed by atoms with E-state index in [1.165, 1.54) is 6.42 Å². The summed E-state index contributed by atoms with van der Waals surface area (Å²) in [6.45, 7) is 12.3. The molecule has 34 heavy (non-hydrogen) atoms. The second-order valence-electron chi connectivity index (χ2n) is 11.9. The smallest absolute Gasteiger partial charge is 0.238 e. The number of carbonyl (C=O) groups excluding carboxylic acids is 2. The van der Waals surface area contributed by atoms with Crippen LogP contribution in [0.5, 0.6) is 5.75 Å². The summed E-state index contributed by atoms with van der Waals surface area (Å²) >= 11 is 0. The van der Waals surface area contributed by atoms with Gasteiger partial charge in [0.05, 0.1) is 5.60 Å². The summed E-state index contributed by atoms with van der Waals surface area (Å²) in [4.78, 5) is 28.0. The van der Waals surface area contributed by atoms with Crippen molar-refractivity contribution in [3.8, 4) is 5.75 Å². The van der Waals surface area contributed by atoms with Gasteiger partial charge in [0, 0.05) is 25.5 Å². The topological polar surface area (TPSA) is 81.9 Å². The van der Waals surface area contributed by atoms with E-state index < -0.39 is 17.6 Å². The average molecular weight is 471 g/mol. The molecule has 2 amide bonds. The van der Waals surface area contributed by atoms with Crippen molar-refractivity contribution in [2.45, 2.75) is 90.4 Å². The Kier molecular flexibility index (Phi) is 7.01. The van der Waals surface area contributed by atoms with Gasteiger partial charge in [0.25, 0.3) is 0 Å². The van der Waals surface area contributed by atoms with E-state index >= 15 is 0 Å². The maximum Gasteiger partial charge on any atom is 0.238 e. The van der Waals surface area contributed by atoms with Crippen molar-refractivity contribution in [1.82, 2.24) is 4.90 Å². The number of piperidine rings is 1. The molecule has 1 aromatic rings. The highest BCUT2D eigenvalue weighted by Crippen LogP contribution is 2.50. The van der Waals surface area contributed by atoms with E-state index in [1.807, 2.05) is 36.1 Å². The number of amides is 2. The van der Waals surface area contributed by atoms with Gasteiger partial charge in [0.2, 0.25) is 11.8 Å². The van der Waals surface area contributed by atoms with Crippen molar-refractivity contribution in [2.24, 2.45) is 29.4 Å². The summed E-state index contributed by atoms with van der Waals surface area (Å²) in [7, 11) is 0. The zero-order chi connectivity index (χ0) is 24.7. The number of primary amides is 1. The molecule has 4 rings (SSSR count). The van der Waals surface area contributed by atoms with Gasteiger partial charge in [-0.05, 0) is 75.8 Å². The molecule has 2 saturated heterocycles. The number of para-hydroxylation sites is 1. The van der Waals surface area contributed by atoms with Crippen molar-refractivity contribution in [3.63, 3.8) is 0 Å². The van der Waals surface area contributed by atoms with E-state index in [0.29, 0.717) is 30.7 Å². The summed E-state index contributed by atoms with van der Waals surface area (Å²) in [5, 5.41) is 0. The van der Waals surface area contributed by atoms with Crippen LogP contribution in [0.15, 0.2) is 24.3 Å². The molecule has 2 bridgehead atoms. The molecule has 2 N–H and O–H groups in total. The van der Waals surface area contributed by atoms with Gasteiger partial charge in [-0.15, -0.1) is 0 Å².